The topological polar surface area (TPSA) is 29.5 Å². The van der Waals surface area contributed by atoms with Crippen molar-refractivity contribution in [2.24, 2.45) is 0 Å². The molecule has 0 spiro atoms. The number of anilines is 1. The number of methoxy groups -OCH3 is 1. The van der Waals surface area contributed by atoms with Gasteiger partial charge in [-0.25, -0.2) is 0 Å². The quantitative estimate of drug-likeness (QED) is 0.787. The Morgan fingerprint density at radius 2 is 1.81 bits per heavy atom. The molecule has 0 aliphatic heterocycles. The minimum Gasteiger partial charge on any atom is -0.497 e. The summed E-state index contributed by atoms with van der Waals surface area (Å²) in [7, 11) is 1.63. The van der Waals surface area contributed by atoms with Gasteiger partial charge in [-0.3, -0.25) is 4.79 Å². The van der Waals surface area contributed by atoms with Gasteiger partial charge in [0.2, 0.25) is 5.91 Å². The summed E-state index contributed by atoms with van der Waals surface area (Å²) >= 11 is 5.75. The monoisotopic (exact) mass is 303 g/mol. The van der Waals surface area contributed by atoms with E-state index in [9.17, 15) is 4.79 Å². The molecule has 0 N–H and O–H groups in total. The highest BCUT2D eigenvalue weighted by atomic mass is 35.5. The number of hydrogen-bond acceptors (Lipinski definition) is 2. The average Bonchev–Trinajstić information content (AvgIpc) is 2.53. The number of amides is 1. The fourth-order valence-corrected chi connectivity index (χ4v) is 2.30. The van der Waals surface area contributed by atoms with E-state index in [1.54, 1.807) is 12.0 Å². The molecule has 0 atom stereocenters. The lowest BCUT2D eigenvalue weighted by molar-refractivity contribution is -0.116. The van der Waals surface area contributed by atoms with Gasteiger partial charge in [0.05, 0.1) is 13.7 Å². The smallest absolute Gasteiger partial charge is 0.242 e. The number of rotatable bonds is 5. The molecule has 0 unspecified atom stereocenters. The van der Waals surface area contributed by atoms with Crippen LogP contribution >= 0.6 is 11.6 Å². The molecule has 110 valence electrons. The second-order valence-electron chi connectivity index (χ2n) is 4.75. The first kappa shape index (κ1) is 15.4. The van der Waals surface area contributed by atoms with Crippen LogP contribution in [-0.4, -0.2) is 18.9 Å². The number of ether oxygens (including phenoxy) is 1. The van der Waals surface area contributed by atoms with Crippen molar-refractivity contribution in [2.45, 2.75) is 13.5 Å². The Morgan fingerprint density at radius 1 is 1.14 bits per heavy atom. The highest BCUT2D eigenvalue weighted by molar-refractivity contribution is 6.29. The summed E-state index contributed by atoms with van der Waals surface area (Å²) in [5.41, 5.74) is 2.96. The maximum Gasteiger partial charge on any atom is 0.242 e. The Labute approximate surface area is 130 Å². The van der Waals surface area contributed by atoms with Gasteiger partial charge < -0.3 is 9.64 Å². The van der Waals surface area contributed by atoms with Crippen LogP contribution in [0.5, 0.6) is 5.75 Å². The van der Waals surface area contributed by atoms with Crippen molar-refractivity contribution in [1.82, 2.24) is 0 Å². The molecule has 0 saturated heterocycles. The minimum atomic E-state index is -0.109. The van der Waals surface area contributed by atoms with Crippen LogP contribution in [0.15, 0.2) is 48.5 Å². The van der Waals surface area contributed by atoms with Gasteiger partial charge in [0, 0.05) is 5.69 Å². The van der Waals surface area contributed by atoms with Crippen molar-refractivity contribution in [2.75, 3.05) is 17.9 Å². The molecule has 0 aliphatic rings. The summed E-state index contributed by atoms with van der Waals surface area (Å²) in [6.07, 6.45) is 0. The zero-order valence-corrected chi connectivity index (χ0v) is 12.9. The summed E-state index contributed by atoms with van der Waals surface area (Å²) < 4.78 is 5.14. The molecule has 21 heavy (non-hydrogen) atoms. The minimum absolute atomic E-state index is 0.0372. The van der Waals surface area contributed by atoms with Crippen LogP contribution in [0, 0.1) is 6.92 Å². The number of nitrogens with zero attached hydrogens (tertiary/aromatic N) is 1. The molecule has 0 aromatic heterocycles. The molecule has 1 amide bonds. The number of alkyl halides is 1. The van der Waals surface area contributed by atoms with Gasteiger partial charge in [-0.1, -0.05) is 30.3 Å². The zero-order chi connectivity index (χ0) is 15.2. The van der Waals surface area contributed by atoms with E-state index < -0.39 is 0 Å². The molecule has 0 radical (unpaired) electrons. The highest BCUT2D eigenvalue weighted by Crippen LogP contribution is 2.23. The molecule has 0 saturated carbocycles. The number of carbonyl (C=O) groups is 1. The lowest BCUT2D eigenvalue weighted by atomic mass is 10.1. The van der Waals surface area contributed by atoms with E-state index in [-0.39, 0.29) is 11.8 Å². The van der Waals surface area contributed by atoms with Crippen molar-refractivity contribution >= 4 is 23.2 Å². The molecular formula is C17H18ClNO2. The largest absolute Gasteiger partial charge is 0.497 e. The van der Waals surface area contributed by atoms with E-state index in [0.29, 0.717) is 6.54 Å². The lowest BCUT2D eigenvalue weighted by Crippen LogP contribution is -2.31. The van der Waals surface area contributed by atoms with Crippen LogP contribution < -0.4 is 9.64 Å². The van der Waals surface area contributed by atoms with E-state index in [0.717, 1.165) is 22.6 Å². The van der Waals surface area contributed by atoms with Crippen LogP contribution in [0.3, 0.4) is 0 Å². The van der Waals surface area contributed by atoms with E-state index in [4.69, 9.17) is 16.3 Å². The van der Waals surface area contributed by atoms with Gasteiger partial charge in [-0.15, -0.1) is 11.6 Å². The average molecular weight is 304 g/mol. The summed E-state index contributed by atoms with van der Waals surface area (Å²) in [5, 5.41) is 0. The molecule has 4 heteroatoms. The van der Waals surface area contributed by atoms with Crippen LogP contribution in [0.25, 0.3) is 0 Å². The SMILES string of the molecule is COc1ccc(CN(C(=O)CCl)c2ccccc2C)cc1. The normalized spacial score (nSPS) is 10.2. The summed E-state index contributed by atoms with van der Waals surface area (Å²) in [6, 6.07) is 15.5. The van der Waals surface area contributed by atoms with E-state index in [2.05, 4.69) is 0 Å². The van der Waals surface area contributed by atoms with Gasteiger partial charge in [-0.2, -0.15) is 0 Å². The Balaban J connectivity index is 2.28. The lowest BCUT2D eigenvalue weighted by Gasteiger charge is -2.24. The standard InChI is InChI=1S/C17H18ClNO2/c1-13-5-3-4-6-16(13)19(17(20)11-18)12-14-7-9-15(21-2)10-8-14/h3-10H,11-12H2,1-2H3. The van der Waals surface area contributed by atoms with Gasteiger partial charge in [0.15, 0.2) is 0 Å². The Kier molecular flexibility index (Phi) is 5.23. The van der Waals surface area contributed by atoms with Crippen molar-refractivity contribution in [3.8, 4) is 5.75 Å². The molecule has 0 bridgehead atoms. The van der Waals surface area contributed by atoms with Gasteiger partial charge in [0.25, 0.3) is 0 Å². The molecule has 2 rings (SSSR count). The zero-order valence-electron chi connectivity index (χ0n) is 12.2. The molecule has 2 aromatic carbocycles. The number of halogens is 1. The number of hydrogen-bond donors (Lipinski definition) is 0. The van der Waals surface area contributed by atoms with Crippen LogP contribution in [0.1, 0.15) is 11.1 Å². The first-order chi connectivity index (χ1) is 10.2. The summed E-state index contributed by atoms with van der Waals surface area (Å²) in [4.78, 5) is 13.9. The van der Waals surface area contributed by atoms with Crippen molar-refractivity contribution in [3.05, 3.63) is 59.7 Å². The van der Waals surface area contributed by atoms with Gasteiger partial charge in [-0.05, 0) is 36.2 Å². The second-order valence-corrected chi connectivity index (χ2v) is 5.02. The maximum absolute atomic E-state index is 12.2. The number of benzene rings is 2. The van der Waals surface area contributed by atoms with Crippen LogP contribution in [0.4, 0.5) is 5.69 Å². The first-order valence-corrected chi connectivity index (χ1v) is 7.24. The van der Waals surface area contributed by atoms with Crippen molar-refractivity contribution < 1.29 is 9.53 Å². The first-order valence-electron chi connectivity index (χ1n) is 6.70. The Bertz CT molecular complexity index is 610. The van der Waals surface area contributed by atoms with Gasteiger partial charge in [0.1, 0.15) is 11.6 Å². The number of para-hydroxylation sites is 1. The number of carbonyl (C=O) groups excluding carboxylic acids is 1. The van der Waals surface area contributed by atoms with Crippen molar-refractivity contribution in [3.63, 3.8) is 0 Å². The molecule has 0 heterocycles. The molecule has 3 nitrogen and oxygen atoms in total. The number of aryl methyl sites for hydroxylation is 1. The van der Waals surface area contributed by atoms with Crippen LogP contribution in [-0.2, 0) is 11.3 Å². The predicted octanol–water partition coefficient (Wildman–Crippen LogP) is 3.78. The Hall–Kier alpha value is -2.00. The summed E-state index contributed by atoms with van der Waals surface area (Å²) in [6.45, 7) is 2.47. The fraction of sp³-hybridized carbons (Fsp3) is 0.235. The maximum atomic E-state index is 12.2. The third-order valence-corrected chi connectivity index (χ3v) is 3.55. The molecule has 0 aliphatic carbocycles. The molecule has 0 fully saturated rings. The van der Waals surface area contributed by atoms with E-state index in [1.807, 2.05) is 55.5 Å². The van der Waals surface area contributed by atoms with E-state index in [1.165, 1.54) is 0 Å². The van der Waals surface area contributed by atoms with Gasteiger partial charge >= 0.3 is 0 Å². The molecule has 2 aromatic rings. The Morgan fingerprint density at radius 3 is 2.38 bits per heavy atom. The molecular weight excluding hydrogens is 286 g/mol. The third-order valence-electron chi connectivity index (χ3n) is 3.32. The van der Waals surface area contributed by atoms with Crippen molar-refractivity contribution in [1.29, 1.82) is 0 Å². The highest BCUT2D eigenvalue weighted by Gasteiger charge is 2.16. The van der Waals surface area contributed by atoms with Crippen LogP contribution in [0.2, 0.25) is 0 Å². The predicted molar refractivity (Wildman–Crippen MR) is 86.1 cm³/mol. The summed E-state index contributed by atoms with van der Waals surface area (Å²) in [5.74, 6) is 0.649. The fourth-order valence-electron chi connectivity index (χ4n) is 2.16. The second kappa shape index (κ2) is 7.14. The van der Waals surface area contributed by atoms with E-state index >= 15 is 0 Å². The third kappa shape index (κ3) is 3.76.